The predicted molar refractivity (Wildman–Crippen MR) is 101 cm³/mol. The van der Waals surface area contributed by atoms with Gasteiger partial charge in [0, 0.05) is 17.8 Å². The van der Waals surface area contributed by atoms with E-state index in [0.717, 1.165) is 29.1 Å². The monoisotopic (exact) mass is 349 g/mol. The number of amides is 1. The number of rotatable bonds is 6. The van der Waals surface area contributed by atoms with Crippen molar-refractivity contribution >= 4 is 5.91 Å². The first-order valence-electron chi connectivity index (χ1n) is 8.64. The van der Waals surface area contributed by atoms with E-state index >= 15 is 0 Å². The minimum Gasteiger partial charge on any atom is -0.508 e. The van der Waals surface area contributed by atoms with Crippen molar-refractivity contribution in [1.82, 2.24) is 15.1 Å². The number of carbonyl (C=O) groups is 1. The van der Waals surface area contributed by atoms with Crippen molar-refractivity contribution in [3.05, 3.63) is 82.7 Å². The third-order valence-electron chi connectivity index (χ3n) is 4.47. The summed E-state index contributed by atoms with van der Waals surface area (Å²) >= 11 is 0. The molecule has 0 atom stereocenters. The Bertz CT molecular complexity index is 884. The van der Waals surface area contributed by atoms with Crippen molar-refractivity contribution in [2.45, 2.75) is 33.4 Å². The van der Waals surface area contributed by atoms with Crippen LogP contribution in [0, 0.1) is 13.8 Å². The van der Waals surface area contributed by atoms with Gasteiger partial charge in [0.25, 0.3) is 0 Å². The summed E-state index contributed by atoms with van der Waals surface area (Å²) in [6.45, 7) is 5.18. The van der Waals surface area contributed by atoms with Crippen molar-refractivity contribution in [2.75, 3.05) is 0 Å². The molecule has 0 aliphatic heterocycles. The maximum Gasteiger partial charge on any atom is 0.224 e. The first-order valence-corrected chi connectivity index (χ1v) is 8.64. The van der Waals surface area contributed by atoms with Gasteiger partial charge in [0.05, 0.1) is 18.7 Å². The molecule has 0 spiro atoms. The van der Waals surface area contributed by atoms with Gasteiger partial charge in [-0.15, -0.1) is 0 Å². The van der Waals surface area contributed by atoms with Crippen LogP contribution < -0.4 is 5.32 Å². The molecule has 134 valence electrons. The van der Waals surface area contributed by atoms with Crippen LogP contribution in [0.25, 0.3) is 0 Å². The SMILES string of the molecule is Cc1nn(Cc2ccccc2)c(C)c1CNC(=O)Cc1ccc(O)cc1. The lowest BCUT2D eigenvalue weighted by atomic mass is 10.1. The van der Waals surface area contributed by atoms with Crippen molar-refractivity contribution in [2.24, 2.45) is 0 Å². The highest BCUT2D eigenvalue weighted by atomic mass is 16.3. The van der Waals surface area contributed by atoms with Gasteiger partial charge in [0.2, 0.25) is 5.91 Å². The molecule has 1 aromatic heterocycles. The predicted octanol–water partition coefficient (Wildman–Crippen LogP) is 3.11. The van der Waals surface area contributed by atoms with Gasteiger partial charge in [-0.1, -0.05) is 42.5 Å². The molecule has 0 bridgehead atoms. The van der Waals surface area contributed by atoms with Crippen LogP contribution in [0.2, 0.25) is 0 Å². The summed E-state index contributed by atoms with van der Waals surface area (Å²) in [7, 11) is 0. The Labute approximate surface area is 153 Å². The lowest BCUT2D eigenvalue weighted by Crippen LogP contribution is -2.25. The van der Waals surface area contributed by atoms with Gasteiger partial charge in [-0.2, -0.15) is 5.10 Å². The Hall–Kier alpha value is -3.08. The molecule has 3 rings (SSSR count). The standard InChI is InChI=1S/C21H23N3O2/c1-15-20(13-22-21(26)12-17-8-10-19(25)11-9-17)16(2)24(23-15)14-18-6-4-3-5-7-18/h3-11,25H,12-14H2,1-2H3,(H,22,26). The average molecular weight is 349 g/mol. The molecule has 5 heteroatoms. The summed E-state index contributed by atoms with van der Waals surface area (Å²) in [6, 6.07) is 16.9. The lowest BCUT2D eigenvalue weighted by molar-refractivity contribution is -0.120. The van der Waals surface area contributed by atoms with Crippen molar-refractivity contribution in [3.8, 4) is 5.75 Å². The molecule has 0 saturated carbocycles. The Morgan fingerprint density at radius 1 is 1.04 bits per heavy atom. The van der Waals surface area contributed by atoms with Crippen LogP contribution >= 0.6 is 0 Å². The molecule has 1 amide bonds. The summed E-state index contributed by atoms with van der Waals surface area (Å²) in [4.78, 5) is 12.2. The number of aromatic hydroxyl groups is 1. The van der Waals surface area contributed by atoms with Gasteiger partial charge in [0.1, 0.15) is 5.75 Å². The highest BCUT2D eigenvalue weighted by molar-refractivity contribution is 5.78. The van der Waals surface area contributed by atoms with Crippen LogP contribution in [-0.4, -0.2) is 20.8 Å². The van der Waals surface area contributed by atoms with Gasteiger partial charge in [-0.05, 0) is 37.1 Å². The molecule has 5 nitrogen and oxygen atoms in total. The van der Waals surface area contributed by atoms with Crippen LogP contribution in [0.5, 0.6) is 5.75 Å². The molecule has 0 saturated heterocycles. The number of benzene rings is 2. The van der Waals surface area contributed by atoms with Crippen molar-refractivity contribution in [1.29, 1.82) is 0 Å². The van der Waals surface area contributed by atoms with Crippen LogP contribution in [0.4, 0.5) is 0 Å². The maximum absolute atomic E-state index is 12.2. The number of nitrogens with one attached hydrogen (secondary N) is 1. The maximum atomic E-state index is 12.2. The van der Waals surface area contributed by atoms with Gasteiger partial charge >= 0.3 is 0 Å². The summed E-state index contributed by atoms with van der Waals surface area (Å²) in [6.07, 6.45) is 0.288. The number of aromatic nitrogens is 2. The Kier molecular flexibility index (Phi) is 5.37. The second-order valence-electron chi connectivity index (χ2n) is 6.41. The van der Waals surface area contributed by atoms with Crippen LogP contribution in [0.3, 0.4) is 0 Å². The number of aryl methyl sites for hydroxylation is 1. The zero-order valence-corrected chi connectivity index (χ0v) is 15.1. The van der Waals surface area contributed by atoms with Crippen LogP contribution in [0.15, 0.2) is 54.6 Å². The fourth-order valence-electron chi connectivity index (χ4n) is 2.95. The number of hydrogen-bond acceptors (Lipinski definition) is 3. The normalized spacial score (nSPS) is 10.7. The minimum atomic E-state index is -0.0506. The van der Waals surface area contributed by atoms with Gasteiger partial charge < -0.3 is 10.4 Å². The number of phenolic OH excluding ortho intramolecular Hbond substituents is 1. The smallest absolute Gasteiger partial charge is 0.224 e. The fourth-order valence-corrected chi connectivity index (χ4v) is 2.95. The minimum absolute atomic E-state index is 0.0506. The van der Waals surface area contributed by atoms with E-state index in [1.807, 2.05) is 36.7 Å². The molecule has 2 N–H and O–H groups in total. The molecule has 1 heterocycles. The number of hydrogen-bond donors (Lipinski definition) is 2. The molecule has 0 unspecified atom stereocenters. The topological polar surface area (TPSA) is 67.2 Å². The van der Waals surface area contributed by atoms with E-state index in [4.69, 9.17) is 0 Å². The second-order valence-corrected chi connectivity index (χ2v) is 6.41. The zero-order valence-electron chi connectivity index (χ0n) is 15.1. The number of carbonyl (C=O) groups excluding carboxylic acids is 1. The van der Waals surface area contributed by atoms with Crippen LogP contribution in [-0.2, 0) is 24.3 Å². The van der Waals surface area contributed by atoms with Crippen molar-refractivity contribution in [3.63, 3.8) is 0 Å². The average Bonchev–Trinajstić information content (AvgIpc) is 2.89. The van der Waals surface area contributed by atoms with E-state index in [1.54, 1.807) is 24.3 Å². The quantitative estimate of drug-likeness (QED) is 0.718. The second kappa shape index (κ2) is 7.87. The summed E-state index contributed by atoms with van der Waals surface area (Å²) in [5.74, 6) is 0.150. The van der Waals surface area contributed by atoms with Gasteiger partial charge in [-0.25, -0.2) is 0 Å². The largest absolute Gasteiger partial charge is 0.508 e. The number of nitrogens with zero attached hydrogens (tertiary/aromatic N) is 2. The Morgan fingerprint density at radius 3 is 2.42 bits per heavy atom. The molecule has 2 aromatic carbocycles. The molecule has 0 aliphatic carbocycles. The van der Waals surface area contributed by atoms with Gasteiger partial charge in [0.15, 0.2) is 0 Å². The third kappa shape index (κ3) is 4.30. The molecular formula is C21H23N3O2. The summed E-state index contributed by atoms with van der Waals surface area (Å²) in [5, 5.41) is 16.9. The molecule has 3 aromatic rings. The van der Waals surface area contributed by atoms with E-state index in [0.29, 0.717) is 6.54 Å². The molecular weight excluding hydrogens is 326 g/mol. The van der Waals surface area contributed by atoms with Crippen LogP contribution in [0.1, 0.15) is 28.1 Å². The molecule has 0 radical (unpaired) electrons. The Morgan fingerprint density at radius 2 is 1.73 bits per heavy atom. The van der Waals surface area contributed by atoms with Gasteiger partial charge in [-0.3, -0.25) is 9.48 Å². The fraction of sp³-hybridized carbons (Fsp3) is 0.238. The van der Waals surface area contributed by atoms with E-state index in [1.165, 1.54) is 5.56 Å². The molecule has 26 heavy (non-hydrogen) atoms. The summed E-state index contributed by atoms with van der Waals surface area (Å²) in [5.41, 5.74) is 5.12. The lowest BCUT2D eigenvalue weighted by Gasteiger charge is -2.08. The third-order valence-corrected chi connectivity index (χ3v) is 4.47. The first-order chi connectivity index (χ1) is 12.5. The zero-order chi connectivity index (χ0) is 18.5. The highest BCUT2D eigenvalue weighted by Gasteiger charge is 2.13. The van der Waals surface area contributed by atoms with E-state index in [2.05, 4.69) is 22.5 Å². The van der Waals surface area contributed by atoms with E-state index in [9.17, 15) is 9.90 Å². The van der Waals surface area contributed by atoms with E-state index in [-0.39, 0.29) is 18.1 Å². The summed E-state index contributed by atoms with van der Waals surface area (Å²) < 4.78 is 1.98. The Balaban J connectivity index is 1.62. The molecule has 0 fully saturated rings. The van der Waals surface area contributed by atoms with Crippen molar-refractivity contribution < 1.29 is 9.90 Å². The first kappa shape index (κ1) is 17.7. The molecule has 0 aliphatic rings. The van der Waals surface area contributed by atoms with E-state index < -0.39 is 0 Å². The highest BCUT2D eigenvalue weighted by Crippen LogP contribution is 2.15. The number of phenols is 1.